The lowest BCUT2D eigenvalue weighted by Gasteiger charge is -2.29. The number of phenolic OH excluding ortho intramolecular Hbond substituents is 2. The number of rotatable bonds is 7. The van der Waals surface area contributed by atoms with Crippen LogP contribution in [0.1, 0.15) is 39.7 Å². The number of phenols is 2. The highest BCUT2D eigenvalue weighted by molar-refractivity contribution is 6.04. The number of carbonyl (C=O) groups is 2. The monoisotopic (exact) mass is 616 g/mol. The summed E-state index contributed by atoms with van der Waals surface area (Å²) in [5, 5.41) is 39.7. The summed E-state index contributed by atoms with van der Waals surface area (Å²) in [6.07, 6.45) is 3.18. The lowest BCUT2D eigenvalue weighted by molar-refractivity contribution is -0.112. The Labute approximate surface area is 259 Å². The molecule has 3 rings (SSSR count). The average Bonchev–Trinajstić information content (AvgIpc) is 3.80. The van der Waals surface area contributed by atoms with Crippen molar-refractivity contribution in [3.63, 3.8) is 0 Å². The van der Waals surface area contributed by atoms with Crippen LogP contribution in [0.25, 0.3) is 0 Å². The first-order valence-corrected chi connectivity index (χ1v) is 14.9. The Kier molecular flexibility index (Phi) is 12.6. The maximum Gasteiger partial charge on any atom is 0.405 e. The van der Waals surface area contributed by atoms with Gasteiger partial charge in [-0.1, -0.05) is 38.2 Å². The number of hydrogen-bond acceptors (Lipinski definition) is 10. The van der Waals surface area contributed by atoms with E-state index in [9.17, 15) is 24.9 Å². The third kappa shape index (κ3) is 9.46. The number of carbonyl (C=O) groups excluding carboxylic acids is 2. The number of nitrogens with one attached hydrogen (secondary N) is 2. The van der Waals surface area contributed by atoms with Crippen molar-refractivity contribution < 1.29 is 39.1 Å². The van der Waals surface area contributed by atoms with Crippen LogP contribution in [0.2, 0.25) is 0 Å². The topological polar surface area (TPSA) is 176 Å². The predicted octanol–water partition coefficient (Wildman–Crippen LogP) is 3.29. The average molecular weight is 617 g/mol. The highest BCUT2D eigenvalue weighted by Crippen LogP contribution is 2.42. The molecule has 1 unspecified atom stereocenters. The van der Waals surface area contributed by atoms with Gasteiger partial charge in [-0.2, -0.15) is 0 Å². The summed E-state index contributed by atoms with van der Waals surface area (Å²) in [5.41, 5.74) is 7.22. The van der Waals surface area contributed by atoms with Gasteiger partial charge in [-0.3, -0.25) is 9.69 Å². The molecule has 44 heavy (non-hydrogen) atoms. The fourth-order valence-electron chi connectivity index (χ4n) is 5.44. The van der Waals surface area contributed by atoms with Gasteiger partial charge in [-0.15, -0.1) is 0 Å². The maximum atomic E-state index is 13.1. The molecule has 0 spiro atoms. The number of anilines is 2. The number of ether oxygens (including phenoxy) is 3. The number of fused-ring (bicyclic) bond motifs is 2. The molecular formula is C32H48N4O8. The van der Waals surface area contributed by atoms with Crippen molar-refractivity contribution in [1.29, 1.82) is 0 Å². The van der Waals surface area contributed by atoms with Gasteiger partial charge in [0.2, 0.25) is 0 Å². The van der Waals surface area contributed by atoms with E-state index in [1.807, 2.05) is 13.8 Å². The van der Waals surface area contributed by atoms with E-state index in [0.717, 1.165) is 19.6 Å². The number of amides is 2. The van der Waals surface area contributed by atoms with Gasteiger partial charge in [0.1, 0.15) is 17.6 Å². The van der Waals surface area contributed by atoms with Crippen LogP contribution < -0.4 is 16.4 Å². The van der Waals surface area contributed by atoms with E-state index in [1.54, 1.807) is 38.2 Å². The standard InChI is InChI=1S/C32H48N4O8/c1-18-14-22-27(34-10-11-36-12-13-36)24(37)17-23(29(22)39)35-31(40)19(2)8-7-9-25(42-5)30(44-32(33)41)21(4)16-20(3)28(38)26(15-18)43-6/h7-9,16-18,20,25-26,28,30,34,37-39H,10-15H2,1-6H3,(H2,33,41)(H,35,40)/b9-7-,19-8+,21-16+/t18-,20+,25?,26+,28-,30+/m1/s1. The zero-order valence-corrected chi connectivity index (χ0v) is 26.5. The fourth-order valence-corrected chi connectivity index (χ4v) is 5.44. The zero-order valence-electron chi connectivity index (χ0n) is 26.5. The lowest BCUT2D eigenvalue weighted by Crippen LogP contribution is -2.37. The summed E-state index contributed by atoms with van der Waals surface area (Å²) in [6, 6.07) is 1.33. The molecule has 0 aliphatic carbocycles. The molecule has 1 aromatic carbocycles. The predicted molar refractivity (Wildman–Crippen MR) is 169 cm³/mol. The van der Waals surface area contributed by atoms with Crippen LogP contribution in [0.15, 0.2) is 41.5 Å². The highest BCUT2D eigenvalue weighted by atomic mass is 16.6. The number of primary amides is 1. The van der Waals surface area contributed by atoms with Crippen LogP contribution >= 0.6 is 0 Å². The minimum atomic E-state index is -0.983. The van der Waals surface area contributed by atoms with Crippen LogP contribution in [0.3, 0.4) is 0 Å². The Bertz CT molecular complexity index is 1260. The summed E-state index contributed by atoms with van der Waals surface area (Å²) >= 11 is 0. The smallest absolute Gasteiger partial charge is 0.405 e. The molecule has 0 radical (unpaired) electrons. The third-order valence-corrected chi connectivity index (χ3v) is 8.10. The van der Waals surface area contributed by atoms with Crippen molar-refractivity contribution in [3.05, 3.63) is 47.1 Å². The molecule has 2 aliphatic heterocycles. The van der Waals surface area contributed by atoms with Gasteiger partial charge in [0.05, 0.1) is 23.6 Å². The molecule has 0 saturated carbocycles. The van der Waals surface area contributed by atoms with Crippen molar-refractivity contribution >= 4 is 23.4 Å². The maximum absolute atomic E-state index is 13.1. The number of nitrogens with zero attached hydrogens (tertiary/aromatic N) is 1. The minimum absolute atomic E-state index is 0.0716. The summed E-state index contributed by atoms with van der Waals surface area (Å²) < 4.78 is 16.7. The number of nitrogens with two attached hydrogens (primary N) is 1. The van der Waals surface area contributed by atoms with Gasteiger partial charge < -0.3 is 45.9 Å². The fraction of sp³-hybridized carbons (Fsp3) is 0.562. The molecule has 6 atom stereocenters. The highest BCUT2D eigenvalue weighted by Gasteiger charge is 2.30. The number of aromatic hydroxyl groups is 2. The Hall–Kier alpha value is -3.58. The van der Waals surface area contributed by atoms with E-state index >= 15 is 0 Å². The Morgan fingerprint density at radius 3 is 2.50 bits per heavy atom. The number of allylic oxidation sites excluding steroid dienone is 2. The molecule has 7 N–H and O–H groups in total. The van der Waals surface area contributed by atoms with Crippen LogP contribution in [0.5, 0.6) is 11.5 Å². The van der Waals surface area contributed by atoms with E-state index in [2.05, 4.69) is 15.5 Å². The molecule has 2 bridgehead atoms. The quantitative estimate of drug-likeness (QED) is 0.115. The molecule has 0 aromatic heterocycles. The molecule has 1 saturated heterocycles. The van der Waals surface area contributed by atoms with Gasteiger partial charge in [0.25, 0.3) is 5.91 Å². The van der Waals surface area contributed by atoms with Crippen LogP contribution in [-0.4, -0.2) is 97.0 Å². The minimum Gasteiger partial charge on any atom is -0.506 e. The second kappa shape index (κ2) is 15.9. The van der Waals surface area contributed by atoms with Crippen molar-refractivity contribution in [2.24, 2.45) is 17.6 Å². The molecular weight excluding hydrogens is 568 g/mol. The second-order valence-corrected chi connectivity index (χ2v) is 11.7. The first-order chi connectivity index (χ1) is 20.9. The van der Waals surface area contributed by atoms with Gasteiger partial charge in [-0.25, -0.2) is 4.79 Å². The first kappa shape index (κ1) is 34.9. The number of aliphatic hydroxyl groups excluding tert-OH is 1. The van der Waals surface area contributed by atoms with Crippen molar-refractivity contribution in [2.45, 2.75) is 65.0 Å². The van der Waals surface area contributed by atoms with E-state index in [-0.39, 0.29) is 23.1 Å². The molecule has 2 amide bonds. The van der Waals surface area contributed by atoms with Crippen molar-refractivity contribution in [2.75, 3.05) is 51.0 Å². The van der Waals surface area contributed by atoms with E-state index in [0.29, 0.717) is 41.8 Å². The van der Waals surface area contributed by atoms with Crippen LogP contribution in [-0.2, 0) is 25.4 Å². The zero-order chi connectivity index (χ0) is 32.6. The van der Waals surface area contributed by atoms with Crippen LogP contribution in [0.4, 0.5) is 16.2 Å². The van der Waals surface area contributed by atoms with E-state index in [4.69, 9.17) is 19.9 Å². The Balaban J connectivity index is 2.06. The van der Waals surface area contributed by atoms with Crippen molar-refractivity contribution in [1.82, 2.24) is 4.90 Å². The Morgan fingerprint density at radius 1 is 1.18 bits per heavy atom. The van der Waals surface area contributed by atoms with E-state index < -0.39 is 42.3 Å². The number of aliphatic hydroxyl groups is 1. The van der Waals surface area contributed by atoms with Crippen molar-refractivity contribution in [3.8, 4) is 11.5 Å². The van der Waals surface area contributed by atoms with Gasteiger partial charge in [-0.05, 0) is 38.2 Å². The molecule has 12 heteroatoms. The van der Waals surface area contributed by atoms with Gasteiger partial charge in [0, 0.05) is 63.5 Å². The molecule has 244 valence electrons. The summed E-state index contributed by atoms with van der Waals surface area (Å²) in [7, 11) is 2.98. The normalized spacial score (nSPS) is 30.3. The lowest BCUT2D eigenvalue weighted by atomic mass is 9.87. The Morgan fingerprint density at radius 2 is 1.89 bits per heavy atom. The molecule has 1 aromatic rings. The molecule has 12 nitrogen and oxygen atoms in total. The molecule has 2 aliphatic rings. The SMILES string of the molecule is COC1/C=C\C=C(/C)C(=O)Nc2cc(O)c(NCCN3CC3)c(c2O)C[C@@H](C)C[C@H](OC)[C@H](O)[C@@H](C)/C=C(\C)[C@@H]1OC(N)=O. The number of benzene rings is 1. The third-order valence-electron chi connectivity index (χ3n) is 8.10. The number of methoxy groups -OCH3 is 2. The van der Waals surface area contributed by atoms with Crippen LogP contribution in [0, 0.1) is 11.8 Å². The number of hydrogen-bond donors (Lipinski definition) is 6. The molecule has 2 heterocycles. The summed E-state index contributed by atoms with van der Waals surface area (Å²) in [6.45, 7) is 10.6. The van der Waals surface area contributed by atoms with Gasteiger partial charge >= 0.3 is 6.09 Å². The van der Waals surface area contributed by atoms with E-state index in [1.165, 1.54) is 20.3 Å². The second-order valence-electron chi connectivity index (χ2n) is 11.7. The first-order valence-electron chi connectivity index (χ1n) is 14.9. The summed E-state index contributed by atoms with van der Waals surface area (Å²) in [4.78, 5) is 27.1. The largest absolute Gasteiger partial charge is 0.506 e. The summed E-state index contributed by atoms with van der Waals surface area (Å²) in [5.74, 6) is -1.26. The molecule has 1 fully saturated rings. The van der Waals surface area contributed by atoms with Gasteiger partial charge in [0.15, 0.2) is 6.10 Å².